The number of H-pyrrole nitrogens is 1. The first-order chi connectivity index (χ1) is 8.72. The molecule has 2 aromatic heterocycles. The summed E-state index contributed by atoms with van der Waals surface area (Å²) >= 11 is 6.08. The number of hydrogen-bond donors (Lipinski definition) is 3. The van der Waals surface area contributed by atoms with E-state index >= 15 is 0 Å². The van der Waals surface area contributed by atoms with Crippen LogP contribution in [0.3, 0.4) is 0 Å². The van der Waals surface area contributed by atoms with E-state index in [9.17, 15) is 0 Å². The van der Waals surface area contributed by atoms with E-state index < -0.39 is 0 Å². The van der Waals surface area contributed by atoms with E-state index in [1.54, 1.807) is 18.5 Å². The molecule has 90 valence electrons. The fourth-order valence-corrected chi connectivity index (χ4v) is 2.07. The molecule has 0 atom stereocenters. The molecule has 4 nitrogen and oxygen atoms in total. The summed E-state index contributed by atoms with van der Waals surface area (Å²) in [6.45, 7) is 0. The van der Waals surface area contributed by atoms with E-state index in [4.69, 9.17) is 17.3 Å². The Labute approximate surface area is 109 Å². The molecule has 2 heterocycles. The van der Waals surface area contributed by atoms with Crippen molar-refractivity contribution in [2.24, 2.45) is 0 Å². The second-order valence-electron chi connectivity index (χ2n) is 3.99. The minimum Gasteiger partial charge on any atom is -0.384 e. The number of rotatable bonds is 2. The summed E-state index contributed by atoms with van der Waals surface area (Å²) in [7, 11) is 0. The maximum atomic E-state index is 6.08. The predicted molar refractivity (Wildman–Crippen MR) is 75.2 cm³/mol. The number of nitrogen functional groups attached to an aromatic ring is 1. The molecule has 1 aromatic carbocycles. The Morgan fingerprint density at radius 2 is 2.00 bits per heavy atom. The SMILES string of the molecule is Nc1cc(Nc2ccc3[nH]cc(Cl)c3c2)ccn1. The third-order valence-electron chi connectivity index (χ3n) is 2.70. The van der Waals surface area contributed by atoms with Gasteiger partial charge < -0.3 is 16.0 Å². The van der Waals surface area contributed by atoms with Gasteiger partial charge in [0.25, 0.3) is 0 Å². The van der Waals surface area contributed by atoms with Crippen LogP contribution in [0.2, 0.25) is 5.02 Å². The molecule has 5 heteroatoms. The highest BCUT2D eigenvalue weighted by Crippen LogP contribution is 2.27. The van der Waals surface area contributed by atoms with Crippen LogP contribution in [-0.4, -0.2) is 9.97 Å². The van der Waals surface area contributed by atoms with Gasteiger partial charge in [-0.2, -0.15) is 0 Å². The van der Waals surface area contributed by atoms with Gasteiger partial charge in [-0.15, -0.1) is 0 Å². The normalized spacial score (nSPS) is 10.7. The van der Waals surface area contributed by atoms with Crippen molar-refractivity contribution in [1.29, 1.82) is 0 Å². The number of benzene rings is 1. The van der Waals surface area contributed by atoms with Gasteiger partial charge in [-0.3, -0.25) is 0 Å². The van der Waals surface area contributed by atoms with Gasteiger partial charge in [0, 0.05) is 40.7 Å². The summed E-state index contributed by atoms with van der Waals surface area (Å²) < 4.78 is 0. The highest BCUT2D eigenvalue weighted by atomic mass is 35.5. The molecule has 18 heavy (non-hydrogen) atoms. The smallest absolute Gasteiger partial charge is 0.125 e. The summed E-state index contributed by atoms with van der Waals surface area (Å²) in [6.07, 6.45) is 3.44. The second-order valence-corrected chi connectivity index (χ2v) is 4.40. The molecule has 0 fully saturated rings. The fourth-order valence-electron chi connectivity index (χ4n) is 1.86. The highest BCUT2D eigenvalue weighted by molar-refractivity contribution is 6.35. The number of pyridine rings is 1. The quantitative estimate of drug-likeness (QED) is 0.659. The first-order valence-electron chi connectivity index (χ1n) is 5.47. The van der Waals surface area contributed by atoms with Crippen molar-refractivity contribution >= 4 is 39.7 Å². The Morgan fingerprint density at radius 3 is 2.83 bits per heavy atom. The zero-order chi connectivity index (χ0) is 12.5. The monoisotopic (exact) mass is 258 g/mol. The lowest BCUT2D eigenvalue weighted by Crippen LogP contribution is -1.94. The summed E-state index contributed by atoms with van der Waals surface area (Å²) in [5.74, 6) is 0.487. The maximum Gasteiger partial charge on any atom is 0.125 e. The number of hydrogen-bond acceptors (Lipinski definition) is 3. The molecule has 4 N–H and O–H groups in total. The Bertz CT molecular complexity index is 705. The average Bonchev–Trinajstić information content (AvgIpc) is 2.71. The van der Waals surface area contributed by atoms with E-state index in [-0.39, 0.29) is 0 Å². The number of fused-ring (bicyclic) bond motifs is 1. The summed E-state index contributed by atoms with van der Waals surface area (Å²) in [6, 6.07) is 9.59. The molecule has 0 aliphatic carbocycles. The number of nitrogens with one attached hydrogen (secondary N) is 2. The fraction of sp³-hybridized carbons (Fsp3) is 0. The number of aromatic amines is 1. The number of nitrogens with zero attached hydrogens (tertiary/aromatic N) is 1. The highest BCUT2D eigenvalue weighted by Gasteiger charge is 2.03. The number of halogens is 1. The van der Waals surface area contributed by atoms with E-state index in [1.165, 1.54) is 0 Å². The standard InChI is InChI=1S/C13H11ClN4/c14-11-7-17-12-2-1-8(5-10(11)12)18-9-3-4-16-13(15)6-9/h1-7,17H,(H3,15,16,18). The van der Waals surface area contributed by atoms with E-state index in [2.05, 4.69) is 15.3 Å². The van der Waals surface area contributed by atoms with Crippen LogP contribution in [0.1, 0.15) is 0 Å². The summed E-state index contributed by atoms with van der Waals surface area (Å²) in [4.78, 5) is 7.05. The molecule has 0 spiro atoms. The molecule has 0 bridgehead atoms. The minimum absolute atomic E-state index is 0.487. The van der Waals surface area contributed by atoms with Crippen LogP contribution in [0.15, 0.2) is 42.7 Å². The van der Waals surface area contributed by atoms with Crippen molar-refractivity contribution in [3.8, 4) is 0 Å². The topological polar surface area (TPSA) is 66.7 Å². The lowest BCUT2D eigenvalue weighted by Gasteiger charge is -2.06. The summed E-state index contributed by atoms with van der Waals surface area (Å²) in [5, 5.41) is 4.96. The zero-order valence-electron chi connectivity index (χ0n) is 9.44. The van der Waals surface area contributed by atoms with E-state index in [0.29, 0.717) is 10.8 Å². The second kappa shape index (κ2) is 4.23. The van der Waals surface area contributed by atoms with Crippen LogP contribution in [-0.2, 0) is 0 Å². The zero-order valence-corrected chi connectivity index (χ0v) is 10.2. The predicted octanol–water partition coefficient (Wildman–Crippen LogP) is 3.54. The molecular weight excluding hydrogens is 248 g/mol. The average molecular weight is 259 g/mol. The largest absolute Gasteiger partial charge is 0.384 e. The lowest BCUT2D eigenvalue weighted by molar-refractivity contribution is 1.33. The van der Waals surface area contributed by atoms with Gasteiger partial charge in [-0.05, 0) is 24.3 Å². The van der Waals surface area contributed by atoms with Gasteiger partial charge >= 0.3 is 0 Å². The van der Waals surface area contributed by atoms with Gasteiger partial charge in [0.15, 0.2) is 0 Å². The number of anilines is 3. The number of aromatic nitrogens is 2. The van der Waals surface area contributed by atoms with Crippen LogP contribution in [0.25, 0.3) is 10.9 Å². The molecule has 0 saturated carbocycles. The van der Waals surface area contributed by atoms with Crippen molar-refractivity contribution in [3.05, 3.63) is 47.7 Å². The molecular formula is C13H11ClN4. The van der Waals surface area contributed by atoms with Gasteiger partial charge in [-0.25, -0.2) is 4.98 Å². The van der Waals surface area contributed by atoms with Crippen molar-refractivity contribution in [3.63, 3.8) is 0 Å². The van der Waals surface area contributed by atoms with Crippen molar-refractivity contribution in [2.45, 2.75) is 0 Å². The Balaban J connectivity index is 1.97. The Morgan fingerprint density at radius 1 is 1.17 bits per heavy atom. The Kier molecular flexibility index (Phi) is 2.57. The molecule has 3 aromatic rings. The van der Waals surface area contributed by atoms with Crippen LogP contribution < -0.4 is 11.1 Å². The summed E-state index contributed by atoms with van der Waals surface area (Å²) in [5.41, 5.74) is 8.50. The van der Waals surface area contributed by atoms with E-state index in [1.807, 2.05) is 24.3 Å². The number of nitrogens with two attached hydrogens (primary N) is 1. The van der Waals surface area contributed by atoms with Crippen molar-refractivity contribution in [1.82, 2.24) is 9.97 Å². The van der Waals surface area contributed by atoms with Gasteiger partial charge in [0.05, 0.1) is 5.02 Å². The van der Waals surface area contributed by atoms with Crippen LogP contribution in [0, 0.1) is 0 Å². The molecule has 3 rings (SSSR count). The maximum absolute atomic E-state index is 6.08. The van der Waals surface area contributed by atoms with Crippen LogP contribution in [0.5, 0.6) is 0 Å². The van der Waals surface area contributed by atoms with Crippen LogP contribution in [0.4, 0.5) is 17.2 Å². The third kappa shape index (κ3) is 1.98. The van der Waals surface area contributed by atoms with Crippen molar-refractivity contribution < 1.29 is 0 Å². The van der Waals surface area contributed by atoms with Gasteiger partial charge in [0.1, 0.15) is 5.82 Å². The molecule has 0 radical (unpaired) electrons. The third-order valence-corrected chi connectivity index (χ3v) is 3.01. The molecule has 0 saturated heterocycles. The molecule has 0 unspecified atom stereocenters. The molecule has 0 aliphatic rings. The van der Waals surface area contributed by atoms with E-state index in [0.717, 1.165) is 22.3 Å². The first-order valence-corrected chi connectivity index (χ1v) is 5.85. The minimum atomic E-state index is 0.487. The lowest BCUT2D eigenvalue weighted by atomic mass is 10.2. The Hall–Kier alpha value is -2.20. The molecule has 0 aliphatic heterocycles. The van der Waals surface area contributed by atoms with Gasteiger partial charge in [0.2, 0.25) is 0 Å². The van der Waals surface area contributed by atoms with Crippen molar-refractivity contribution in [2.75, 3.05) is 11.1 Å². The molecule has 0 amide bonds. The van der Waals surface area contributed by atoms with Crippen LogP contribution >= 0.6 is 11.6 Å². The van der Waals surface area contributed by atoms with Gasteiger partial charge in [-0.1, -0.05) is 11.6 Å². The first kappa shape index (κ1) is 10.9.